The van der Waals surface area contributed by atoms with Crippen molar-refractivity contribution in [2.75, 3.05) is 6.54 Å². The molecule has 0 heterocycles. The molecule has 1 rings (SSSR count). The first-order valence-electron chi connectivity index (χ1n) is 5.50. The van der Waals surface area contributed by atoms with Crippen LogP contribution in [-0.2, 0) is 6.42 Å². The monoisotopic (exact) mass is 227 g/mol. The summed E-state index contributed by atoms with van der Waals surface area (Å²) in [6, 6.07) is 3.27. The lowest BCUT2D eigenvalue weighted by Crippen LogP contribution is -2.37. The van der Waals surface area contributed by atoms with Crippen molar-refractivity contribution in [2.24, 2.45) is 0 Å². The average molecular weight is 227 g/mol. The molecule has 0 unspecified atom stereocenters. The van der Waals surface area contributed by atoms with E-state index < -0.39 is 11.6 Å². The van der Waals surface area contributed by atoms with Crippen molar-refractivity contribution < 1.29 is 8.78 Å². The molecule has 0 aliphatic carbocycles. The number of hydrogen-bond donors (Lipinski definition) is 1. The van der Waals surface area contributed by atoms with Gasteiger partial charge in [0.1, 0.15) is 0 Å². The third-order valence-electron chi connectivity index (χ3n) is 2.41. The van der Waals surface area contributed by atoms with Gasteiger partial charge in [0.2, 0.25) is 0 Å². The Balaban J connectivity index is 2.65. The van der Waals surface area contributed by atoms with E-state index in [0.29, 0.717) is 24.1 Å². The quantitative estimate of drug-likeness (QED) is 0.836. The van der Waals surface area contributed by atoms with E-state index in [1.165, 1.54) is 0 Å². The lowest BCUT2D eigenvalue weighted by molar-refractivity contribution is 0.425. The zero-order valence-electron chi connectivity index (χ0n) is 10.3. The third-order valence-corrected chi connectivity index (χ3v) is 2.41. The summed E-state index contributed by atoms with van der Waals surface area (Å²) in [5.41, 5.74) is 0.782. The third kappa shape index (κ3) is 3.56. The number of nitrogens with one attached hydrogen (secondary N) is 1. The highest BCUT2D eigenvalue weighted by Crippen LogP contribution is 2.16. The fourth-order valence-electron chi connectivity index (χ4n) is 1.45. The van der Waals surface area contributed by atoms with Crippen LogP contribution in [0.5, 0.6) is 0 Å². The second-order valence-electron chi connectivity index (χ2n) is 5.10. The molecule has 3 heteroatoms. The predicted molar refractivity (Wildman–Crippen MR) is 62.6 cm³/mol. The summed E-state index contributed by atoms with van der Waals surface area (Å²) in [6.45, 7) is 8.33. The van der Waals surface area contributed by atoms with Crippen molar-refractivity contribution in [2.45, 2.75) is 39.7 Å². The highest BCUT2D eigenvalue weighted by atomic mass is 19.2. The van der Waals surface area contributed by atoms with Crippen LogP contribution in [0, 0.1) is 18.6 Å². The Bertz CT molecular complexity index is 367. The van der Waals surface area contributed by atoms with Gasteiger partial charge in [-0.15, -0.1) is 0 Å². The molecule has 0 atom stereocenters. The van der Waals surface area contributed by atoms with Crippen LogP contribution < -0.4 is 5.32 Å². The molecule has 1 nitrogen and oxygen atoms in total. The summed E-state index contributed by atoms with van der Waals surface area (Å²) in [4.78, 5) is 0. The number of aryl methyl sites for hydroxylation is 1. The van der Waals surface area contributed by atoms with Crippen LogP contribution in [0.25, 0.3) is 0 Å². The van der Waals surface area contributed by atoms with Crippen LogP contribution in [0.2, 0.25) is 0 Å². The molecule has 0 fully saturated rings. The zero-order valence-corrected chi connectivity index (χ0v) is 10.3. The van der Waals surface area contributed by atoms with Crippen LogP contribution >= 0.6 is 0 Å². The first-order valence-corrected chi connectivity index (χ1v) is 5.50. The minimum Gasteiger partial charge on any atom is -0.312 e. The van der Waals surface area contributed by atoms with Crippen LogP contribution in [0.15, 0.2) is 12.1 Å². The lowest BCUT2D eigenvalue weighted by atomic mass is 10.1. The highest BCUT2D eigenvalue weighted by molar-refractivity contribution is 5.25. The topological polar surface area (TPSA) is 12.0 Å². The molecule has 0 amide bonds. The molecular weight excluding hydrogens is 208 g/mol. The summed E-state index contributed by atoms with van der Waals surface area (Å²) in [5, 5.41) is 3.24. The Labute approximate surface area is 95.9 Å². The lowest BCUT2D eigenvalue weighted by Gasteiger charge is -2.20. The van der Waals surface area contributed by atoms with Gasteiger partial charge in [0.15, 0.2) is 11.6 Å². The smallest absolute Gasteiger partial charge is 0.162 e. The molecule has 16 heavy (non-hydrogen) atoms. The second-order valence-corrected chi connectivity index (χ2v) is 5.10. The molecule has 0 saturated carbocycles. The number of benzene rings is 1. The standard InChI is InChI=1S/C13H19F2N/c1-9-5-6-10(12(15)11(9)14)7-8-16-13(2,3)4/h5-6,16H,7-8H2,1-4H3. The summed E-state index contributed by atoms with van der Waals surface area (Å²) in [5.74, 6) is -1.44. The first-order chi connectivity index (χ1) is 7.31. The van der Waals surface area contributed by atoms with Crippen LogP contribution in [0.1, 0.15) is 31.9 Å². The minimum atomic E-state index is -0.728. The van der Waals surface area contributed by atoms with E-state index in [1.54, 1.807) is 19.1 Å². The molecule has 0 radical (unpaired) electrons. The molecule has 0 aliphatic heterocycles. The fourth-order valence-corrected chi connectivity index (χ4v) is 1.45. The van der Waals surface area contributed by atoms with E-state index in [1.807, 2.05) is 20.8 Å². The van der Waals surface area contributed by atoms with Gasteiger partial charge in [-0.3, -0.25) is 0 Å². The van der Waals surface area contributed by atoms with Gasteiger partial charge in [0.25, 0.3) is 0 Å². The largest absolute Gasteiger partial charge is 0.312 e. The molecule has 0 bridgehead atoms. The van der Waals surface area contributed by atoms with Crippen LogP contribution in [0.3, 0.4) is 0 Å². The molecule has 0 aromatic heterocycles. The molecule has 90 valence electrons. The normalized spacial score (nSPS) is 11.9. The summed E-state index contributed by atoms with van der Waals surface area (Å²) < 4.78 is 26.7. The van der Waals surface area contributed by atoms with Gasteiger partial charge in [-0.1, -0.05) is 12.1 Å². The van der Waals surface area contributed by atoms with E-state index in [-0.39, 0.29) is 5.54 Å². The van der Waals surface area contributed by atoms with Crippen molar-refractivity contribution in [3.63, 3.8) is 0 Å². The highest BCUT2D eigenvalue weighted by Gasteiger charge is 2.12. The summed E-state index contributed by atoms with van der Waals surface area (Å²) >= 11 is 0. The van der Waals surface area contributed by atoms with Crippen LogP contribution in [-0.4, -0.2) is 12.1 Å². The SMILES string of the molecule is Cc1ccc(CCNC(C)(C)C)c(F)c1F. The van der Waals surface area contributed by atoms with Gasteiger partial charge < -0.3 is 5.32 Å². The van der Waals surface area contributed by atoms with Crippen molar-refractivity contribution in [3.8, 4) is 0 Å². The van der Waals surface area contributed by atoms with Crippen LogP contribution in [0.4, 0.5) is 8.78 Å². The van der Waals surface area contributed by atoms with E-state index >= 15 is 0 Å². The fraction of sp³-hybridized carbons (Fsp3) is 0.538. The zero-order chi connectivity index (χ0) is 12.3. The molecule has 0 saturated heterocycles. The van der Waals surface area contributed by atoms with Gasteiger partial charge in [0, 0.05) is 5.54 Å². The Morgan fingerprint density at radius 3 is 2.31 bits per heavy atom. The Kier molecular flexibility index (Phi) is 4.03. The summed E-state index contributed by atoms with van der Waals surface area (Å²) in [6.07, 6.45) is 0.500. The van der Waals surface area contributed by atoms with E-state index in [9.17, 15) is 8.78 Å². The van der Waals surface area contributed by atoms with Gasteiger partial charge in [-0.05, 0) is 51.8 Å². The number of hydrogen-bond acceptors (Lipinski definition) is 1. The first kappa shape index (κ1) is 13.1. The van der Waals surface area contributed by atoms with E-state index in [0.717, 1.165) is 0 Å². The Morgan fingerprint density at radius 1 is 1.12 bits per heavy atom. The van der Waals surface area contributed by atoms with Crippen molar-refractivity contribution >= 4 is 0 Å². The van der Waals surface area contributed by atoms with Gasteiger partial charge >= 0.3 is 0 Å². The molecule has 0 spiro atoms. The van der Waals surface area contributed by atoms with Gasteiger partial charge in [0.05, 0.1) is 0 Å². The molecule has 0 aliphatic rings. The second kappa shape index (κ2) is 4.91. The van der Waals surface area contributed by atoms with Crippen molar-refractivity contribution in [1.29, 1.82) is 0 Å². The summed E-state index contributed by atoms with van der Waals surface area (Å²) in [7, 11) is 0. The maximum Gasteiger partial charge on any atom is 0.162 e. The Hall–Kier alpha value is -0.960. The maximum absolute atomic E-state index is 13.5. The Morgan fingerprint density at radius 2 is 1.75 bits per heavy atom. The molecule has 1 N–H and O–H groups in total. The van der Waals surface area contributed by atoms with Crippen molar-refractivity contribution in [1.82, 2.24) is 5.32 Å². The predicted octanol–water partition coefficient (Wildman–Crippen LogP) is 3.20. The number of rotatable bonds is 3. The minimum absolute atomic E-state index is 0.000280. The van der Waals surface area contributed by atoms with Gasteiger partial charge in [-0.25, -0.2) is 8.78 Å². The van der Waals surface area contributed by atoms with E-state index in [4.69, 9.17) is 0 Å². The number of halogens is 2. The maximum atomic E-state index is 13.5. The molecule has 1 aromatic carbocycles. The average Bonchev–Trinajstić information content (AvgIpc) is 2.16. The van der Waals surface area contributed by atoms with E-state index in [2.05, 4.69) is 5.32 Å². The molecular formula is C13H19F2N. The van der Waals surface area contributed by atoms with Gasteiger partial charge in [-0.2, -0.15) is 0 Å². The molecule has 1 aromatic rings. The van der Waals surface area contributed by atoms with Crippen molar-refractivity contribution in [3.05, 3.63) is 34.9 Å².